The van der Waals surface area contributed by atoms with Crippen molar-refractivity contribution in [3.8, 4) is 0 Å². The largest absolute Gasteiger partial charge is 0.480 e. The molecule has 0 saturated carbocycles. The first-order valence-corrected chi connectivity index (χ1v) is 11.6. The third-order valence-electron chi connectivity index (χ3n) is 4.27. The van der Waals surface area contributed by atoms with Crippen LogP contribution in [0.15, 0.2) is 4.99 Å². The van der Waals surface area contributed by atoms with E-state index in [0.29, 0.717) is 12.2 Å². The lowest BCUT2D eigenvalue weighted by Crippen LogP contribution is -2.56. The monoisotopic (exact) mass is 490 g/mol. The molecule has 0 heterocycles. The molecule has 0 rings (SSSR count). The Labute approximate surface area is 196 Å². The molecule has 0 aliphatic heterocycles. The Morgan fingerprint density at radius 1 is 0.939 bits per heavy atom. The maximum absolute atomic E-state index is 12.8. The molecule has 0 aromatic carbocycles. The third kappa shape index (κ3) is 14.6. The van der Waals surface area contributed by atoms with Gasteiger partial charge in [-0.15, -0.1) is 0 Å². The van der Waals surface area contributed by atoms with Crippen LogP contribution >= 0.6 is 11.8 Å². The van der Waals surface area contributed by atoms with Crippen molar-refractivity contribution in [3.05, 3.63) is 0 Å². The van der Waals surface area contributed by atoms with Gasteiger partial charge in [-0.3, -0.25) is 29.0 Å². The Kier molecular flexibility index (Phi) is 15.0. The van der Waals surface area contributed by atoms with Gasteiger partial charge in [-0.05, 0) is 37.7 Å². The Hall–Kier alpha value is -3.07. The summed E-state index contributed by atoms with van der Waals surface area (Å²) >= 11 is 1.43. The minimum Gasteiger partial charge on any atom is -0.480 e. The van der Waals surface area contributed by atoms with Gasteiger partial charge >= 0.3 is 5.97 Å². The van der Waals surface area contributed by atoms with Crippen LogP contribution in [-0.2, 0) is 24.0 Å². The van der Waals surface area contributed by atoms with Crippen molar-refractivity contribution in [2.24, 2.45) is 27.9 Å². The SMILES string of the molecule is CSCCC(NC(=O)C(CCC(N)=O)NC(=O)C(N)CCCN=C(N)N)C(=O)NCC(=O)O. The van der Waals surface area contributed by atoms with Crippen LogP contribution in [0, 0.1) is 0 Å². The van der Waals surface area contributed by atoms with E-state index < -0.39 is 54.3 Å². The first-order valence-electron chi connectivity index (χ1n) is 10.2. The number of hydrogen-bond acceptors (Lipinski definition) is 8. The molecule has 0 aliphatic rings. The lowest BCUT2D eigenvalue weighted by atomic mass is 10.1. The second kappa shape index (κ2) is 16.5. The zero-order valence-corrected chi connectivity index (χ0v) is 19.4. The smallest absolute Gasteiger partial charge is 0.322 e. The van der Waals surface area contributed by atoms with E-state index >= 15 is 0 Å². The van der Waals surface area contributed by atoms with E-state index in [2.05, 4.69) is 20.9 Å². The van der Waals surface area contributed by atoms with Crippen molar-refractivity contribution in [3.63, 3.8) is 0 Å². The topological polar surface area (TPSA) is 258 Å². The van der Waals surface area contributed by atoms with Gasteiger partial charge in [-0.25, -0.2) is 0 Å². The van der Waals surface area contributed by atoms with Gasteiger partial charge in [-0.1, -0.05) is 0 Å². The highest BCUT2D eigenvalue weighted by atomic mass is 32.2. The number of aliphatic carboxylic acids is 1. The van der Waals surface area contributed by atoms with Crippen LogP contribution in [0.2, 0.25) is 0 Å². The molecule has 4 amide bonds. The summed E-state index contributed by atoms with van der Waals surface area (Å²) in [5.74, 6) is -3.55. The number of amides is 4. The third-order valence-corrected chi connectivity index (χ3v) is 4.92. The number of carbonyl (C=O) groups excluding carboxylic acids is 4. The second-order valence-corrected chi connectivity index (χ2v) is 8.06. The molecule has 188 valence electrons. The van der Waals surface area contributed by atoms with Gasteiger partial charge in [0.05, 0.1) is 6.04 Å². The van der Waals surface area contributed by atoms with Crippen molar-refractivity contribution in [2.45, 2.75) is 50.2 Å². The number of rotatable bonds is 17. The fourth-order valence-electron chi connectivity index (χ4n) is 2.55. The first kappa shape index (κ1) is 29.9. The molecule has 0 bridgehead atoms. The number of nitrogens with zero attached hydrogens (tertiary/aromatic N) is 1. The fraction of sp³-hybridized carbons (Fsp3) is 0.667. The van der Waals surface area contributed by atoms with Crippen LogP contribution in [0.4, 0.5) is 0 Å². The Morgan fingerprint density at radius 3 is 2.09 bits per heavy atom. The molecule has 15 heteroatoms. The summed E-state index contributed by atoms with van der Waals surface area (Å²) in [6.07, 6.45) is 2.38. The number of hydrogen-bond donors (Lipinski definition) is 8. The zero-order valence-electron chi connectivity index (χ0n) is 18.5. The Bertz CT molecular complexity index is 716. The first-order chi connectivity index (χ1) is 15.5. The summed E-state index contributed by atoms with van der Waals surface area (Å²) in [5.41, 5.74) is 21.5. The van der Waals surface area contributed by atoms with Gasteiger partial charge in [0, 0.05) is 13.0 Å². The molecule has 3 unspecified atom stereocenters. The normalized spacial score (nSPS) is 13.2. The summed E-state index contributed by atoms with van der Waals surface area (Å²) in [6, 6.07) is -3.18. The van der Waals surface area contributed by atoms with Crippen LogP contribution < -0.4 is 38.9 Å². The van der Waals surface area contributed by atoms with Crippen molar-refractivity contribution in [1.29, 1.82) is 0 Å². The van der Waals surface area contributed by atoms with Gasteiger partial charge in [0.1, 0.15) is 18.6 Å². The molecule has 3 atom stereocenters. The zero-order chi connectivity index (χ0) is 25.4. The van der Waals surface area contributed by atoms with Gasteiger partial charge in [0.2, 0.25) is 23.6 Å². The van der Waals surface area contributed by atoms with E-state index in [4.69, 9.17) is 28.0 Å². The molecular formula is C18H34N8O6S. The van der Waals surface area contributed by atoms with Gasteiger partial charge in [-0.2, -0.15) is 11.8 Å². The van der Waals surface area contributed by atoms with Crippen LogP contribution in [0.5, 0.6) is 0 Å². The van der Waals surface area contributed by atoms with Gasteiger partial charge in [0.25, 0.3) is 0 Å². The molecule has 0 spiro atoms. The number of carboxylic acids is 1. The Balaban J connectivity index is 5.18. The molecule has 14 nitrogen and oxygen atoms in total. The molecule has 0 saturated heterocycles. The highest BCUT2D eigenvalue weighted by Gasteiger charge is 2.28. The van der Waals surface area contributed by atoms with Gasteiger partial charge < -0.3 is 44.0 Å². The standard InChI is InChI=1S/C18H34N8O6S/c1-33-8-6-12(16(31)24-9-14(28)29)26-17(32)11(4-5-13(20)27)25-15(30)10(19)3-2-7-23-18(21)22/h10-12H,2-9,19H2,1H3,(H2,20,27)(H,24,31)(H,25,30)(H,26,32)(H,28,29)(H4,21,22,23). The molecule has 0 radical (unpaired) electrons. The molecule has 0 fully saturated rings. The van der Waals surface area contributed by atoms with E-state index in [1.54, 1.807) is 6.26 Å². The minimum absolute atomic E-state index is 0.0837. The molecule has 0 aliphatic carbocycles. The van der Waals surface area contributed by atoms with E-state index in [0.717, 1.165) is 0 Å². The van der Waals surface area contributed by atoms with Crippen molar-refractivity contribution in [1.82, 2.24) is 16.0 Å². The van der Waals surface area contributed by atoms with Crippen molar-refractivity contribution >= 4 is 47.3 Å². The lowest BCUT2D eigenvalue weighted by molar-refractivity contribution is -0.138. The van der Waals surface area contributed by atoms with Crippen LogP contribution in [0.25, 0.3) is 0 Å². The number of nitrogens with two attached hydrogens (primary N) is 4. The number of nitrogens with one attached hydrogen (secondary N) is 3. The van der Waals surface area contributed by atoms with Crippen molar-refractivity contribution < 1.29 is 29.1 Å². The predicted molar refractivity (Wildman–Crippen MR) is 124 cm³/mol. The second-order valence-electron chi connectivity index (χ2n) is 7.08. The minimum atomic E-state index is -1.24. The van der Waals surface area contributed by atoms with Crippen LogP contribution in [-0.4, -0.2) is 83.9 Å². The van der Waals surface area contributed by atoms with E-state index in [1.807, 2.05) is 0 Å². The van der Waals surface area contributed by atoms with Gasteiger partial charge in [0.15, 0.2) is 5.96 Å². The summed E-state index contributed by atoms with van der Waals surface area (Å²) in [5, 5.41) is 15.9. The predicted octanol–water partition coefficient (Wildman–Crippen LogP) is -3.44. The number of carboxylic acid groups (broad SMARTS) is 1. The number of primary amides is 1. The maximum Gasteiger partial charge on any atom is 0.322 e. The summed E-state index contributed by atoms with van der Waals surface area (Å²) in [6.45, 7) is -0.335. The van der Waals surface area contributed by atoms with Crippen molar-refractivity contribution in [2.75, 3.05) is 25.1 Å². The molecule has 33 heavy (non-hydrogen) atoms. The number of aliphatic imine (C=N–C) groups is 1. The maximum atomic E-state index is 12.8. The quantitative estimate of drug-likeness (QED) is 0.0568. The highest BCUT2D eigenvalue weighted by molar-refractivity contribution is 7.98. The molecule has 0 aromatic rings. The molecular weight excluding hydrogens is 456 g/mol. The summed E-state index contributed by atoms with van der Waals surface area (Å²) in [4.78, 5) is 63.2. The summed E-state index contributed by atoms with van der Waals surface area (Å²) in [7, 11) is 0. The summed E-state index contributed by atoms with van der Waals surface area (Å²) < 4.78 is 0. The number of guanidine groups is 1. The van der Waals surface area contributed by atoms with Crippen LogP contribution in [0.1, 0.15) is 32.1 Å². The molecule has 12 N–H and O–H groups in total. The lowest BCUT2D eigenvalue weighted by Gasteiger charge is -2.24. The van der Waals surface area contributed by atoms with E-state index in [1.165, 1.54) is 11.8 Å². The average molecular weight is 491 g/mol. The van der Waals surface area contributed by atoms with E-state index in [9.17, 15) is 24.0 Å². The Morgan fingerprint density at radius 2 is 1.55 bits per heavy atom. The highest BCUT2D eigenvalue weighted by Crippen LogP contribution is 2.05. The number of carbonyl (C=O) groups is 5. The molecule has 0 aromatic heterocycles. The van der Waals surface area contributed by atoms with Crippen LogP contribution in [0.3, 0.4) is 0 Å². The average Bonchev–Trinajstić information content (AvgIpc) is 2.74. The fourth-order valence-corrected chi connectivity index (χ4v) is 3.02. The van der Waals surface area contributed by atoms with E-state index in [-0.39, 0.29) is 38.2 Å². The number of thioether (sulfide) groups is 1.